The van der Waals surface area contributed by atoms with Crippen LogP contribution >= 0.6 is 11.6 Å². The molecule has 0 fully saturated rings. The van der Waals surface area contributed by atoms with Gasteiger partial charge in [-0.25, -0.2) is 9.18 Å². The highest BCUT2D eigenvalue weighted by atomic mass is 35.5. The molecule has 0 spiro atoms. The van der Waals surface area contributed by atoms with Crippen LogP contribution in [0.25, 0.3) is 0 Å². The van der Waals surface area contributed by atoms with Crippen LogP contribution < -0.4 is 5.32 Å². The number of carboxylic acid groups (broad SMARTS) is 1. The van der Waals surface area contributed by atoms with E-state index in [1.54, 1.807) is 30.3 Å². The van der Waals surface area contributed by atoms with Crippen molar-refractivity contribution in [2.24, 2.45) is 0 Å². The summed E-state index contributed by atoms with van der Waals surface area (Å²) in [5, 5.41) is 12.5. The Labute approximate surface area is 121 Å². The molecule has 0 aliphatic heterocycles. The zero-order valence-corrected chi connectivity index (χ0v) is 11.5. The van der Waals surface area contributed by atoms with E-state index in [1.165, 1.54) is 12.1 Å². The van der Waals surface area contributed by atoms with E-state index in [2.05, 4.69) is 5.32 Å². The van der Waals surface area contributed by atoms with Gasteiger partial charge in [0.2, 0.25) is 0 Å². The van der Waals surface area contributed by atoms with E-state index in [0.29, 0.717) is 10.6 Å². The molecule has 0 aromatic heterocycles. The van der Waals surface area contributed by atoms with E-state index >= 15 is 0 Å². The Morgan fingerprint density at radius 1 is 1.30 bits per heavy atom. The van der Waals surface area contributed by atoms with E-state index in [0.717, 1.165) is 5.56 Å². The first kappa shape index (κ1) is 14.3. The van der Waals surface area contributed by atoms with Crippen LogP contribution in [0.3, 0.4) is 0 Å². The topological polar surface area (TPSA) is 49.3 Å². The van der Waals surface area contributed by atoms with Crippen molar-refractivity contribution in [3.63, 3.8) is 0 Å². The Kier molecular flexibility index (Phi) is 4.25. The largest absolute Gasteiger partial charge is 0.479 e. The molecule has 2 aromatic carbocycles. The molecule has 3 nitrogen and oxygen atoms in total. The van der Waals surface area contributed by atoms with Crippen molar-refractivity contribution in [2.75, 3.05) is 5.32 Å². The molecule has 104 valence electrons. The lowest BCUT2D eigenvalue weighted by Crippen LogP contribution is -2.21. The lowest BCUT2D eigenvalue weighted by molar-refractivity contribution is -0.138. The summed E-state index contributed by atoms with van der Waals surface area (Å²) in [6.07, 6.45) is 0. The number of hydrogen-bond donors (Lipinski definition) is 2. The smallest absolute Gasteiger partial charge is 0.330 e. The fraction of sp³-hybridized carbons (Fsp3) is 0.133. The van der Waals surface area contributed by atoms with Crippen LogP contribution in [0.4, 0.5) is 10.1 Å². The van der Waals surface area contributed by atoms with Crippen molar-refractivity contribution >= 4 is 23.3 Å². The molecular formula is C15H13ClFNO2. The molecule has 0 heterocycles. The van der Waals surface area contributed by atoms with Crippen molar-refractivity contribution in [3.05, 3.63) is 64.4 Å². The zero-order chi connectivity index (χ0) is 14.7. The van der Waals surface area contributed by atoms with E-state index in [4.69, 9.17) is 11.6 Å². The summed E-state index contributed by atoms with van der Waals surface area (Å²) in [5.74, 6) is -1.61. The van der Waals surface area contributed by atoms with Gasteiger partial charge in [-0.1, -0.05) is 35.9 Å². The molecule has 1 unspecified atom stereocenters. The fourth-order valence-corrected chi connectivity index (χ4v) is 2.00. The number of rotatable bonds is 4. The van der Waals surface area contributed by atoms with Gasteiger partial charge in [-0.3, -0.25) is 0 Å². The van der Waals surface area contributed by atoms with Crippen LogP contribution in [-0.2, 0) is 4.79 Å². The number of hydrogen-bond acceptors (Lipinski definition) is 2. The van der Waals surface area contributed by atoms with Crippen molar-refractivity contribution in [2.45, 2.75) is 13.0 Å². The molecule has 0 saturated carbocycles. The third-order valence-electron chi connectivity index (χ3n) is 2.95. The molecular weight excluding hydrogens is 281 g/mol. The third-order valence-corrected chi connectivity index (χ3v) is 3.36. The van der Waals surface area contributed by atoms with E-state index < -0.39 is 17.8 Å². The molecule has 20 heavy (non-hydrogen) atoms. The first-order valence-corrected chi connectivity index (χ1v) is 6.37. The normalized spacial score (nSPS) is 11.9. The minimum Gasteiger partial charge on any atom is -0.479 e. The van der Waals surface area contributed by atoms with Crippen LogP contribution in [-0.4, -0.2) is 11.1 Å². The van der Waals surface area contributed by atoms with Crippen LogP contribution in [0.5, 0.6) is 0 Å². The quantitative estimate of drug-likeness (QED) is 0.895. The second-order valence-corrected chi connectivity index (χ2v) is 4.81. The van der Waals surface area contributed by atoms with Gasteiger partial charge in [-0.05, 0) is 36.2 Å². The van der Waals surface area contributed by atoms with Crippen molar-refractivity contribution in [3.8, 4) is 0 Å². The standard InChI is InChI=1S/C15H13ClFNO2/c1-9-6-7-10(8-11(9)16)14(15(19)20)18-13-5-3-2-4-12(13)17/h2-8,14,18H,1H3,(H,19,20). The molecule has 2 N–H and O–H groups in total. The monoisotopic (exact) mass is 293 g/mol. The van der Waals surface area contributed by atoms with Gasteiger partial charge in [0.15, 0.2) is 6.04 Å². The molecule has 2 rings (SSSR count). The fourth-order valence-electron chi connectivity index (χ4n) is 1.81. The Bertz CT molecular complexity index is 646. The molecule has 0 bridgehead atoms. The van der Waals surface area contributed by atoms with Gasteiger partial charge in [0.25, 0.3) is 0 Å². The van der Waals surface area contributed by atoms with Crippen molar-refractivity contribution in [1.29, 1.82) is 0 Å². The average Bonchev–Trinajstić information content (AvgIpc) is 2.41. The zero-order valence-electron chi connectivity index (χ0n) is 10.7. The van der Waals surface area contributed by atoms with Crippen LogP contribution in [0.1, 0.15) is 17.2 Å². The molecule has 5 heteroatoms. The van der Waals surface area contributed by atoms with E-state index in [1.807, 2.05) is 6.92 Å². The number of aliphatic carboxylic acids is 1. The lowest BCUT2D eigenvalue weighted by Gasteiger charge is -2.17. The maximum atomic E-state index is 13.6. The van der Waals surface area contributed by atoms with Crippen molar-refractivity contribution in [1.82, 2.24) is 0 Å². The molecule has 0 radical (unpaired) electrons. The number of nitrogens with one attached hydrogen (secondary N) is 1. The predicted molar refractivity (Wildman–Crippen MR) is 76.6 cm³/mol. The summed E-state index contributed by atoms with van der Waals surface area (Å²) in [5.41, 5.74) is 1.46. The summed E-state index contributed by atoms with van der Waals surface area (Å²) in [4.78, 5) is 11.4. The maximum absolute atomic E-state index is 13.6. The van der Waals surface area contributed by atoms with E-state index in [-0.39, 0.29) is 5.69 Å². The number of halogens is 2. The highest BCUT2D eigenvalue weighted by Gasteiger charge is 2.21. The molecule has 2 aromatic rings. The van der Waals surface area contributed by atoms with Gasteiger partial charge in [-0.2, -0.15) is 0 Å². The maximum Gasteiger partial charge on any atom is 0.330 e. The first-order valence-electron chi connectivity index (χ1n) is 5.99. The Morgan fingerprint density at radius 2 is 2.00 bits per heavy atom. The minimum atomic E-state index is -1.10. The second kappa shape index (κ2) is 5.92. The molecule has 0 aliphatic carbocycles. The van der Waals surface area contributed by atoms with Gasteiger partial charge in [0.05, 0.1) is 5.69 Å². The Balaban J connectivity index is 2.34. The number of para-hydroxylation sites is 1. The summed E-state index contributed by atoms with van der Waals surface area (Å²) < 4.78 is 13.6. The predicted octanol–water partition coefficient (Wildman–Crippen LogP) is 4.03. The Hall–Kier alpha value is -2.07. The molecule has 0 amide bonds. The molecule has 0 saturated heterocycles. The number of benzene rings is 2. The summed E-state index contributed by atoms with van der Waals surface area (Å²) in [6, 6.07) is 9.83. The summed E-state index contributed by atoms with van der Waals surface area (Å²) in [6.45, 7) is 1.83. The number of anilines is 1. The minimum absolute atomic E-state index is 0.136. The summed E-state index contributed by atoms with van der Waals surface area (Å²) in [7, 11) is 0. The summed E-state index contributed by atoms with van der Waals surface area (Å²) >= 11 is 6.00. The van der Waals surface area contributed by atoms with E-state index in [9.17, 15) is 14.3 Å². The van der Waals surface area contributed by atoms with Crippen LogP contribution in [0.2, 0.25) is 5.02 Å². The molecule has 0 aliphatic rings. The second-order valence-electron chi connectivity index (χ2n) is 4.40. The third kappa shape index (κ3) is 3.08. The van der Waals surface area contributed by atoms with Crippen LogP contribution in [0.15, 0.2) is 42.5 Å². The highest BCUT2D eigenvalue weighted by molar-refractivity contribution is 6.31. The van der Waals surface area contributed by atoms with Gasteiger partial charge < -0.3 is 10.4 Å². The average molecular weight is 294 g/mol. The number of aryl methyl sites for hydroxylation is 1. The lowest BCUT2D eigenvalue weighted by atomic mass is 10.0. The SMILES string of the molecule is Cc1ccc(C(Nc2ccccc2F)C(=O)O)cc1Cl. The first-order chi connectivity index (χ1) is 9.49. The van der Waals surface area contributed by atoms with Crippen molar-refractivity contribution < 1.29 is 14.3 Å². The highest BCUT2D eigenvalue weighted by Crippen LogP contribution is 2.25. The number of carboxylic acids is 1. The Morgan fingerprint density at radius 3 is 2.60 bits per heavy atom. The van der Waals surface area contributed by atoms with Gasteiger partial charge in [0.1, 0.15) is 5.82 Å². The van der Waals surface area contributed by atoms with Gasteiger partial charge in [0, 0.05) is 5.02 Å². The van der Waals surface area contributed by atoms with Crippen LogP contribution in [0, 0.1) is 12.7 Å². The van der Waals surface area contributed by atoms with Gasteiger partial charge >= 0.3 is 5.97 Å². The van der Waals surface area contributed by atoms with Gasteiger partial charge in [-0.15, -0.1) is 0 Å². The molecule has 1 atom stereocenters. The number of carbonyl (C=O) groups is 1.